The number of piperazine rings is 1. The Labute approximate surface area is 245 Å². The zero-order chi connectivity index (χ0) is 28.3. The zero-order valence-corrected chi connectivity index (χ0v) is 24.7. The summed E-state index contributed by atoms with van der Waals surface area (Å²) in [5.41, 5.74) is 5.07. The maximum atomic E-state index is 12.4. The first kappa shape index (κ1) is 27.4. The van der Waals surface area contributed by atoms with E-state index in [2.05, 4.69) is 71.2 Å². The predicted octanol–water partition coefficient (Wildman–Crippen LogP) is 6.06. The maximum absolute atomic E-state index is 12.4. The largest absolute Gasteiger partial charge is 0.457 e. The molecule has 8 nitrogen and oxygen atoms in total. The van der Waals surface area contributed by atoms with E-state index in [1.807, 2.05) is 35.4 Å². The quantitative estimate of drug-likeness (QED) is 0.256. The van der Waals surface area contributed by atoms with Crippen LogP contribution in [0.2, 0.25) is 0 Å². The van der Waals surface area contributed by atoms with Crippen LogP contribution in [0.4, 0.5) is 5.69 Å². The van der Waals surface area contributed by atoms with Crippen LogP contribution in [0.15, 0.2) is 60.8 Å². The minimum atomic E-state index is 0.198. The first-order valence-electron chi connectivity index (χ1n) is 14.4. The molecule has 2 aliphatic rings. The van der Waals surface area contributed by atoms with Crippen LogP contribution < -0.4 is 9.64 Å². The van der Waals surface area contributed by atoms with Gasteiger partial charge in [0.15, 0.2) is 0 Å². The fourth-order valence-corrected chi connectivity index (χ4v) is 6.08. The summed E-state index contributed by atoms with van der Waals surface area (Å²) in [4.78, 5) is 23.8. The molecule has 2 saturated heterocycles. The lowest BCUT2D eigenvalue weighted by Gasteiger charge is -2.34. The molecule has 2 aromatic carbocycles. The van der Waals surface area contributed by atoms with Gasteiger partial charge in [0.05, 0.1) is 5.69 Å². The molecule has 2 aromatic heterocycles. The molecular weight excluding hydrogens is 532 g/mol. The lowest BCUT2D eigenvalue weighted by molar-refractivity contribution is -0.128. The number of amides is 1. The van der Waals surface area contributed by atoms with Gasteiger partial charge < -0.3 is 19.4 Å². The summed E-state index contributed by atoms with van der Waals surface area (Å²) in [5.74, 6) is 2.02. The van der Waals surface area contributed by atoms with E-state index in [4.69, 9.17) is 9.72 Å². The molecule has 0 bridgehead atoms. The molecule has 212 valence electrons. The second-order valence-corrected chi connectivity index (χ2v) is 12.2. The van der Waals surface area contributed by atoms with Crippen molar-refractivity contribution in [3.8, 4) is 33.3 Å². The molecule has 1 amide bonds. The summed E-state index contributed by atoms with van der Waals surface area (Å²) in [5, 5.41) is 10.6. The summed E-state index contributed by atoms with van der Waals surface area (Å²) >= 11 is 1.62. The van der Waals surface area contributed by atoms with Crippen LogP contribution in [-0.2, 0) is 11.3 Å². The van der Waals surface area contributed by atoms with Crippen LogP contribution in [0.1, 0.15) is 43.2 Å². The minimum Gasteiger partial charge on any atom is -0.457 e. The normalized spacial score (nSPS) is 16.1. The first-order valence-corrected chi connectivity index (χ1v) is 15.2. The molecule has 4 aromatic rings. The Morgan fingerprint density at radius 1 is 0.927 bits per heavy atom. The molecule has 0 aliphatic carbocycles. The van der Waals surface area contributed by atoms with Crippen LogP contribution in [0.5, 0.6) is 11.5 Å². The zero-order valence-electron chi connectivity index (χ0n) is 23.9. The van der Waals surface area contributed by atoms with Crippen molar-refractivity contribution in [1.82, 2.24) is 25.0 Å². The number of ether oxygens (including phenoxy) is 1. The van der Waals surface area contributed by atoms with Crippen LogP contribution in [0, 0.1) is 0 Å². The monoisotopic (exact) mass is 568 g/mol. The Bertz CT molecular complexity index is 1510. The number of anilines is 1. The van der Waals surface area contributed by atoms with E-state index in [1.54, 1.807) is 11.3 Å². The molecule has 0 N–H and O–H groups in total. The van der Waals surface area contributed by atoms with Crippen molar-refractivity contribution in [2.45, 2.75) is 39.2 Å². The van der Waals surface area contributed by atoms with E-state index in [0.29, 0.717) is 18.9 Å². The van der Waals surface area contributed by atoms with Crippen molar-refractivity contribution in [3.05, 3.63) is 71.4 Å². The average molecular weight is 569 g/mol. The fourth-order valence-electron chi connectivity index (χ4n) is 5.23. The Kier molecular flexibility index (Phi) is 7.98. The SMILES string of the molecule is CC(C)c1nnc(-c2ccc(Oc3cc(-c4cc(N5CCN(C)CC5)ccn4)ccc3CN3CCCC3=O)cc2)s1. The second-order valence-electron chi connectivity index (χ2n) is 11.2. The number of likely N-dealkylation sites (N-methyl/N-ethyl adjacent to an activating group) is 1. The van der Waals surface area contributed by atoms with Crippen molar-refractivity contribution in [2.24, 2.45) is 0 Å². The van der Waals surface area contributed by atoms with Gasteiger partial charge in [0.1, 0.15) is 21.5 Å². The highest BCUT2D eigenvalue weighted by atomic mass is 32.1. The number of carbonyl (C=O) groups excluding carboxylic acids is 1. The Hall–Kier alpha value is -3.82. The number of nitrogens with zero attached hydrogens (tertiary/aromatic N) is 6. The summed E-state index contributed by atoms with van der Waals surface area (Å²) in [6.07, 6.45) is 3.40. The van der Waals surface area contributed by atoms with Gasteiger partial charge in [-0.2, -0.15) is 0 Å². The predicted molar refractivity (Wildman–Crippen MR) is 164 cm³/mol. The molecule has 2 fully saturated rings. The summed E-state index contributed by atoms with van der Waals surface area (Å²) in [6, 6.07) is 18.4. The lowest BCUT2D eigenvalue weighted by Crippen LogP contribution is -2.44. The third-order valence-electron chi connectivity index (χ3n) is 7.77. The van der Waals surface area contributed by atoms with E-state index in [9.17, 15) is 4.79 Å². The van der Waals surface area contributed by atoms with Gasteiger partial charge in [0.2, 0.25) is 5.91 Å². The second kappa shape index (κ2) is 12.0. The molecule has 4 heterocycles. The van der Waals surface area contributed by atoms with Crippen LogP contribution >= 0.6 is 11.3 Å². The van der Waals surface area contributed by atoms with Gasteiger partial charge >= 0.3 is 0 Å². The van der Waals surface area contributed by atoms with Crippen molar-refractivity contribution >= 4 is 22.9 Å². The molecule has 41 heavy (non-hydrogen) atoms. The lowest BCUT2D eigenvalue weighted by atomic mass is 10.1. The average Bonchev–Trinajstić information content (AvgIpc) is 3.64. The molecule has 2 aliphatic heterocycles. The van der Waals surface area contributed by atoms with E-state index < -0.39 is 0 Å². The molecule has 0 unspecified atom stereocenters. The highest BCUT2D eigenvalue weighted by Crippen LogP contribution is 2.34. The summed E-state index contributed by atoms with van der Waals surface area (Å²) in [7, 11) is 2.17. The van der Waals surface area contributed by atoms with Crippen molar-refractivity contribution in [3.63, 3.8) is 0 Å². The van der Waals surface area contributed by atoms with Gasteiger partial charge in [0, 0.05) is 80.2 Å². The van der Waals surface area contributed by atoms with Gasteiger partial charge in [-0.25, -0.2) is 0 Å². The van der Waals surface area contributed by atoms with Crippen molar-refractivity contribution in [2.75, 3.05) is 44.7 Å². The van der Waals surface area contributed by atoms with E-state index in [-0.39, 0.29) is 5.91 Å². The molecule has 0 spiro atoms. The summed E-state index contributed by atoms with van der Waals surface area (Å²) in [6.45, 7) is 9.67. The number of carbonyl (C=O) groups is 1. The minimum absolute atomic E-state index is 0.198. The number of rotatable bonds is 8. The fraction of sp³-hybridized carbons (Fsp3) is 0.375. The van der Waals surface area contributed by atoms with E-state index in [1.165, 1.54) is 5.69 Å². The Balaban J connectivity index is 1.28. The highest BCUT2D eigenvalue weighted by molar-refractivity contribution is 7.14. The number of aromatic nitrogens is 3. The number of likely N-dealkylation sites (tertiary alicyclic amines) is 1. The summed E-state index contributed by atoms with van der Waals surface area (Å²) < 4.78 is 6.50. The van der Waals surface area contributed by atoms with E-state index in [0.717, 1.165) is 83.0 Å². The van der Waals surface area contributed by atoms with Crippen LogP contribution in [-0.4, -0.2) is 70.7 Å². The molecule has 0 radical (unpaired) electrons. The number of pyridine rings is 1. The smallest absolute Gasteiger partial charge is 0.222 e. The number of hydrogen-bond acceptors (Lipinski definition) is 8. The topological polar surface area (TPSA) is 74.7 Å². The van der Waals surface area contributed by atoms with Crippen molar-refractivity contribution in [1.29, 1.82) is 0 Å². The van der Waals surface area contributed by atoms with Crippen molar-refractivity contribution < 1.29 is 9.53 Å². The van der Waals surface area contributed by atoms with Gasteiger partial charge in [-0.3, -0.25) is 9.78 Å². The molecule has 0 saturated carbocycles. The maximum Gasteiger partial charge on any atom is 0.222 e. The standard InChI is InChI=1S/C32H36N6O2S/c1-22(2)31-34-35-32(41-31)23-8-10-27(11-9-23)40-29-19-24(6-7-25(29)21-38-14-4-5-30(38)39)28-20-26(12-13-33-28)37-17-15-36(3)16-18-37/h6-13,19-20,22H,4-5,14-18,21H2,1-3H3. The molecule has 0 atom stereocenters. The third-order valence-corrected chi connectivity index (χ3v) is 9.04. The van der Waals surface area contributed by atoms with Gasteiger partial charge in [-0.05, 0) is 55.9 Å². The van der Waals surface area contributed by atoms with E-state index >= 15 is 0 Å². The molecule has 9 heteroatoms. The molecular formula is C32H36N6O2S. The Morgan fingerprint density at radius 3 is 2.41 bits per heavy atom. The number of benzene rings is 2. The van der Waals surface area contributed by atoms with Gasteiger partial charge in [-0.15, -0.1) is 10.2 Å². The highest BCUT2D eigenvalue weighted by Gasteiger charge is 2.22. The van der Waals surface area contributed by atoms with Gasteiger partial charge in [0.25, 0.3) is 0 Å². The number of hydrogen-bond donors (Lipinski definition) is 0. The first-order chi connectivity index (χ1) is 19.9. The van der Waals surface area contributed by atoms with Crippen LogP contribution in [0.25, 0.3) is 21.8 Å². The third kappa shape index (κ3) is 6.26. The van der Waals surface area contributed by atoms with Gasteiger partial charge in [-0.1, -0.05) is 37.3 Å². The van der Waals surface area contributed by atoms with Crippen LogP contribution in [0.3, 0.4) is 0 Å². The molecule has 6 rings (SSSR count). The Morgan fingerprint density at radius 2 is 1.71 bits per heavy atom.